The second kappa shape index (κ2) is 8.07. The molecule has 2 rings (SSSR count). The van der Waals surface area contributed by atoms with Crippen LogP contribution in [-0.2, 0) is 11.3 Å². The molecule has 0 spiro atoms. The van der Waals surface area contributed by atoms with E-state index in [0.717, 1.165) is 12.0 Å². The Morgan fingerprint density at radius 2 is 1.90 bits per heavy atom. The molecule has 4 heteroatoms. The fourth-order valence-electron chi connectivity index (χ4n) is 1.92. The van der Waals surface area contributed by atoms with Gasteiger partial charge in [-0.15, -0.1) is 0 Å². The molecule has 0 atom stereocenters. The number of hydrogen-bond acceptors (Lipinski definition) is 3. The van der Waals surface area contributed by atoms with Gasteiger partial charge in [0, 0.05) is 24.4 Å². The predicted molar refractivity (Wildman–Crippen MR) is 83.9 cm³/mol. The highest BCUT2D eigenvalue weighted by atomic mass is 16.5. The number of ether oxygens (including phenoxy) is 1. The van der Waals surface area contributed by atoms with E-state index in [0.29, 0.717) is 31.0 Å². The second-order valence-electron chi connectivity index (χ2n) is 4.77. The molecule has 0 saturated heterocycles. The van der Waals surface area contributed by atoms with E-state index in [1.807, 2.05) is 30.3 Å². The molecule has 21 heavy (non-hydrogen) atoms. The summed E-state index contributed by atoms with van der Waals surface area (Å²) < 4.78 is 5.56. The molecule has 1 amide bonds. The van der Waals surface area contributed by atoms with Gasteiger partial charge in [-0.05, 0) is 30.2 Å². The number of anilines is 1. The number of carbonyl (C=O) groups excluding carboxylic acids is 1. The maximum atomic E-state index is 11.8. The van der Waals surface area contributed by atoms with E-state index in [9.17, 15) is 4.79 Å². The minimum Gasteiger partial charge on any atom is -0.399 e. The third kappa shape index (κ3) is 5.28. The van der Waals surface area contributed by atoms with Crippen LogP contribution in [0.2, 0.25) is 0 Å². The van der Waals surface area contributed by atoms with Crippen molar-refractivity contribution in [3.05, 3.63) is 65.7 Å². The summed E-state index contributed by atoms with van der Waals surface area (Å²) in [5.74, 6) is -0.106. The van der Waals surface area contributed by atoms with Crippen molar-refractivity contribution in [1.29, 1.82) is 0 Å². The van der Waals surface area contributed by atoms with E-state index < -0.39 is 0 Å². The topological polar surface area (TPSA) is 64.4 Å². The lowest BCUT2D eigenvalue weighted by Gasteiger charge is -2.07. The summed E-state index contributed by atoms with van der Waals surface area (Å²) in [6.45, 7) is 1.80. The van der Waals surface area contributed by atoms with Crippen LogP contribution in [0, 0.1) is 0 Å². The largest absolute Gasteiger partial charge is 0.399 e. The van der Waals surface area contributed by atoms with Crippen molar-refractivity contribution in [2.45, 2.75) is 13.0 Å². The molecule has 2 aromatic rings. The van der Waals surface area contributed by atoms with Gasteiger partial charge >= 0.3 is 0 Å². The average molecular weight is 284 g/mol. The monoisotopic (exact) mass is 284 g/mol. The quantitative estimate of drug-likeness (QED) is 0.607. The molecule has 0 unspecified atom stereocenters. The minimum atomic E-state index is -0.106. The number of benzene rings is 2. The van der Waals surface area contributed by atoms with Gasteiger partial charge in [-0.1, -0.05) is 36.4 Å². The molecular weight excluding hydrogens is 264 g/mol. The zero-order valence-corrected chi connectivity index (χ0v) is 11.9. The van der Waals surface area contributed by atoms with E-state index in [-0.39, 0.29) is 5.91 Å². The third-order valence-corrected chi connectivity index (χ3v) is 3.01. The molecule has 0 heterocycles. The Morgan fingerprint density at radius 3 is 2.67 bits per heavy atom. The third-order valence-electron chi connectivity index (χ3n) is 3.01. The van der Waals surface area contributed by atoms with Gasteiger partial charge in [0.1, 0.15) is 0 Å². The molecule has 0 aliphatic heterocycles. The van der Waals surface area contributed by atoms with Crippen LogP contribution in [0.3, 0.4) is 0 Å². The van der Waals surface area contributed by atoms with Gasteiger partial charge in [-0.3, -0.25) is 4.79 Å². The average Bonchev–Trinajstić information content (AvgIpc) is 2.51. The fourth-order valence-corrected chi connectivity index (χ4v) is 1.92. The van der Waals surface area contributed by atoms with Crippen molar-refractivity contribution in [3.63, 3.8) is 0 Å². The molecule has 110 valence electrons. The first kappa shape index (κ1) is 15.1. The van der Waals surface area contributed by atoms with Crippen molar-refractivity contribution in [3.8, 4) is 0 Å². The number of nitrogen functional groups attached to an aromatic ring is 1. The molecule has 0 radical (unpaired) electrons. The van der Waals surface area contributed by atoms with E-state index in [1.54, 1.807) is 24.3 Å². The molecule has 0 aliphatic rings. The van der Waals surface area contributed by atoms with Crippen LogP contribution in [-0.4, -0.2) is 19.1 Å². The first-order valence-corrected chi connectivity index (χ1v) is 7.01. The molecule has 0 aromatic heterocycles. The standard InChI is InChI=1S/C17H20N2O2/c18-16-9-4-8-15(12-16)17(20)19-10-5-11-21-13-14-6-2-1-3-7-14/h1-4,6-9,12H,5,10-11,13,18H2,(H,19,20). The Bertz CT molecular complexity index is 570. The zero-order valence-electron chi connectivity index (χ0n) is 11.9. The van der Waals surface area contributed by atoms with E-state index in [1.165, 1.54) is 0 Å². The number of amides is 1. The van der Waals surface area contributed by atoms with Gasteiger partial charge in [-0.25, -0.2) is 0 Å². The van der Waals surface area contributed by atoms with Crippen LogP contribution < -0.4 is 11.1 Å². The van der Waals surface area contributed by atoms with Crippen LogP contribution in [0.5, 0.6) is 0 Å². The van der Waals surface area contributed by atoms with Gasteiger partial charge in [0.05, 0.1) is 6.61 Å². The smallest absolute Gasteiger partial charge is 0.251 e. The van der Waals surface area contributed by atoms with Crippen molar-refractivity contribution in [1.82, 2.24) is 5.32 Å². The zero-order chi connectivity index (χ0) is 14.9. The molecule has 0 fully saturated rings. The van der Waals surface area contributed by atoms with E-state index in [4.69, 9.17) is 10.5 Å². The summed E-state index contributed by atoms with van der Waals surface area (Å²) in [5, 5.41) is 2.85. The highest BCUT2D eigenvalue weighted by molar-refractivity contribution is 5.94. The molecule has 3 N–H and O–H groups in total. The molecule has 0 bridgehead atoms. The predicted octanol–water partition coefficient (Wildman–Crippen LogP) is 2.61. The summed E-state index contributed by atoms with van der Waals surface area (Å²) in [6.07, 6.45) is 0.779. The maximum absolute atomic E-state index is 11.8. The maximum Gasteiger partial charge on any atom is 0.251 e. The number of nitrogens with one attached hydrogen (secondary N) is 1. The van der Waals surface area contributed by atoms with Crippen LogP contribution >= 0.6 is 0 Å². The molecule has 2 aromatic carbocycles. The lowest BCUT2D eigenvalue weighted by Crippen LogP contribution is -2.25. The van der Waals surface area contributed by atoms with Gasteiger partial charge in [0.15, 0.2) is 0 Å². The Balaban J connectivity index is 1.60. The Labute approximate surface area is 124 Å². The molecule has 0 saturated carbocycles. The number of hydrogen-bond donors (Lipinski definition) is 2. The fraction of sp³-hybridized carbons (Fsp3) is 0.235. The first-order chi connectivity index (χ1) is 10.3. The van der Waals surface area contributed by atoms with Gasteiger partial charge in [0.2, 0.25) is 0 Å². The first-order valence-electron chi connectivity index (χ1n) is 7.01. The number of carbonyl (C=O) groups is 1. The molecule has 0 aliphatic carbocycles. The van der Waals surface area contributed by atoms with Crippen LogP contribution in [0.15, 0.2) is 54.6 Å². The highest BCUT2D eigenvalue weighted by Gasteiger charge is 2.04. The van der Waals surface area contributed by atoms with Crippen molar-refractivity contribution in [2.24, 2.45) is 0 Å². The van der Waals surface area contributed by atoms with Crippen LogP contribution in [0.4, 0.5) is 5.69 Å². The molecular formula is C17H20N2O2. The number of nitrogens with two attached hydrogens (primary N) is 1. The second-order valence-corrected chi connectivity index (χ2v) is 4.77. The SMILES string of the molecule is Nc1cccc(C(=O)NCCCOCc2ccccc2)c1. The lowest BCUT2D eigenvalue weighted by molar-refractivity contribution is 0.0934. The summed E-state index contributed by atoms with van der Waals surface area (Å²) in [6, 6.07) is 17.0. The van der Waals surface area contributed by atoms with Gasteiger partial charge < -0.3 is 15.8 Å². The minimum absolute atomic E-state index is 0.106. The van der Waals surface area contributed by atoms with E-state index in [2.05, 4.69) is 5.32 Å². The summed E-state index contributed by atoms with van der Waals surface area (Å²) in [4.78, 5) is 11.8. The van der Waals surface area contributed by atoms with Crippen molar-refractivity contribution < 1.29 is 9.53 Å². The summed E-state index contributed by atoms with van der Waals surface area (Å²) in [7, 11) is 0. The van der Waals surface area contributed by atoms with Gasteiger partial charge in [0.25, 0.3) is 5.91 Å². The number of rotatable bonds is 7. The summed E-state index contributed by atoms with van der Waals surface area (Å²) in [5.41, 5.74) is 7.98. The van der Waals surface area contributed by atoms with Crippen LogP contribution in [0.1, 0.15) is 22.3 Å². The normalized spacial score (nSPS) is 10.3. The molecule has 4 nitrogen and oxygen atoms in total. The van der Waals surface area contributed by atoms with Gasteiger partial charge in [-0.2, -0.15) is 0 Å². The summed E-state index contributed by atoms with van der Waals surface area (Å²) >= 11 is 0. The van der Waals surface area contributed by atoms with E-state index >= 15 is 0 Å². The highest BCUT2D eigenvalue weighted by Crippen LogP contribution is 2.06. The Kier molecular flexibility index (Phi) is 5.79. The van der Waals surface area contributed by atoms with Crippen molar-refractivity contribution >= 4 is 11.6 Å². The Hall–Kier alpha value is -2.33. The van der Waals surface area contributed by atoms with Crippen molar-refractivity contribution in [2.75, 3.05) is 18.9 Å². The van der Waals surface area contributed by atoms with Crippen LogP contribution in [0.25, 0.3) is 0 Å². The Morgan fingerprint density at radius 1 is 1.10 bits per heavy atom. The lowest BCUT2D eigenvalue weighted by atomic mass is 10.2.